The van der Waals surface area contributed by atoms with E-state index in [9.17, 15) is 4.79 Å². The molecule has 3 nitrogen and oxygen atoms in total. The predicted molar refractivity (Wildman–Crippen MR) is 65.3 cm³/mol. The van der Waals surface area contributed by atoms with Gasteiger partial charge in [-0.15, -0.1) is 0 Å². The van der Waals surface area contributed by atoms with Crippen LogP contribution in [0.1, 0.15) is 19.8 Å². The van der Waals surface area contributed by atoms with Gasteiger partial charge in [-0.1, -0.05) is 19.1 Å². The second kappa shape index (κ2) is 4.75. The zero-order valence-electron chi connectivity index (χ0n) is 9.23. The fourth-order valence-electron chi connectivity index (χ4n) is 1.67. The third kappa shape index (κ3) is 2.19. The Labute approximate surface area is 94.5 Å². The molecule has 1 N–H and O–H groups in total. The highest BCUT2D eigenvalue weighted by atomic mass is 16.1. The first-order chi connectivity index (χ1) is 7.81. The van der Waals surface area contributed by atoms with Crippen molar-refractivity contribution < 1.29 is 4.79 Å². The van der Waals surface area contributed by atoms with Crippen LogP contribution in [0.4, 0.5) is 5.69 Å². The zero-order chi connectivity index (χ0) is 11.4. The lowest BCUT2D eigenvalue weighted by molar-refractivity contribution is -0.116. The van der Waals surface area contributed by atoms with Gasteiger partial charge in [-0.2, -0.15) is 0 Å². The number of carbonyl (C=O) groups excluding carboxylic acids is 1. The Kier molecular flexibility index (Phi) is 3.15. The smallest absolute Gasteiger partial charge is 0.224 e. The molecule has 0 bridgehead atoms. The van der Waals surface area contributed by atoms with E-state index in [1.807, 2.05) is 31.2 Å². The lowest BCUT2D eigenvalue weighted by Gasteiger charge is -2.07. The van der Waals surface area contributed by atoms with Gasteiger partial charge in [-0.05, 0) is 18.6 Å². The molecule has 0 aliphatic heterocycles. The van der Waals surface area contributed by atoms with Crippen LogP contribution < -0.4 is 5.32 Å². The molecule has 2 aromatic rings. The molecule has 0 spiro atoms. The van der Waals surface area contributed by atoms with Crippen LogP contribution in [0, 0.1) is 0 Å². The van der Waals surface area contributed by atoms with Gasteiger partial charge in [0, 0.05) is 35.3 Å². The van der Waals surface area contributed by atoms with Crippen LogP contribution in [0.5, 0.6) is 0 Å². The summed E-state index contributed by atoms with van der Waals surface area (Å²) in [7, 11) is 0. The van der Waals surface area contributed by atoms with Gasteiger partial charge >= 0.3 is 0 Å². The molecule has 0 radical (unpaired) electrons. The van der Waals surface area contributed by atoms with Crippen molar-refractivity contribution in [3.05, 3.63) is 36.7 Å². The summed E-state index contributed by atoms with van der Waals surface area (Å²) >= 11 is 0. The Morgan fingerprint density at radius 1 is 1.38 bits per heavy atom. The summed E-state index contributed by atoms with van der Waals surface area (Å²) in [5.41, 5.74) is 0.860. The molecule has 0 saturated heterocycles. The molecule has 3 heteroatoms. The lowest BCUT2D eigenvalue weighted by atomic mass is 10.1. The Bertz CT molecular complexity index is 503. The molecular formula is C13H14N2O. The van der Waals surface area contributed by atoms with Gasteiger partial charge in [-0.25, -0.2) is 0 Å². The average molecular weight is 214 g/mol. The van der Waals surface area contributed by atoms with Crippen molar-refractivity contribution in [1.29, 1.82) is 0 Å². The fraction of sp³-hybridized carbons (Fsp3) is 0.231. The van der Waals surface area contributed by atoms with E-state index in [0.717, 1.165) is 22.9 Å². The molecule has 1 aromatic heterocycles. The summed E-state index contributed by atoms with van der Waals surface area (Å²) < 4.78 is 0. The van der Waals surface area contributed by atoms with Crippen molar-refractivity contribution in [3.63, 3.8) is 0 Å². The quantitative estimate of drug-likeness (QED) is 0.853. The van der Waals surface area contributed by atoms with Gasteiger partial charge in [0.05, 0.1) is 0 Å². The molecule has 1 amide bonds. The van der Waals surface area contributed by atoms with E-state index in [0.29, 0.717) is 6.42 Å². The molecule has 0 aliphatic carbocycles. The minimum atomic E-state index is 0.0619. The number of pyridine rings is 1. The number of hydrogen-bond donors (Lipinski definition) is 1. The van der Waals surface area contributed by atoms with Crippen molar-refractivity contribution in [2.45, 2.75) is 19.8 Å². The molecule has 0 aliphatic rings. The van der Waals surface area contributed by atoms with E-state index in [2.05, 4.69) is 10.3 Å². The van der Waals surface area contributed by atoms with Crippen molar-refractivity contribution >= 4 is 22.4 Å². The number of amides is 1. The molecule has 16 heavy (non-hydrogen) atoms. The number of fused-ring (bicyclic) bond motifs is 1. The third-order valence-corrected chi connectivity index (χ3v) is 2.43. The highest BCUT2D eigenvalue weighted by Crippen LogP contribution is 2.22. The number of nitrogens with one attached hydrogen (secondary N) is 1. The number of hydrogen-bond acceptors (Lipinski definition) is 2. The Hall–Kier alpha value is -1.90. The number of benzene rings is 1. The normalized spacial score (nSPS) is 10.3. The first-order valence-corrected chi connectivity index (χ1v) is 5.44. The molecule has 0 saturated carbocycles. The highest BCUT2D eigenvalue weighted by Gasteiger charge is 2.04. The molecule has 82 valence electrons. The SMILES string of the molecule is CCCC(=O)Nc1cccc2cnccc12. The van der Waals surface area contributed by atoms with E-state index in [4.69, 9.17) is 0 Å². The van der Waals surface area contributed by atoms with Crippen LogP contribution in [0.3, 0.4) is 0 Å². The van der Waals surface area contributed by atoms with E-state index in [1.165, 1.54) is 0 Å². The first-order valence-electron chi connectivity index (χ1n) is 5.44. The second-order valence-corrected chi connectivity index (χ2v) is 3.70. The van der Waals surface area contributed by atoms with E-state index in [-0.39, 0.29) is 5.91 Å². The van der Waals surface area contributed by atoms with Gasteiger partial charge in [0.25, 0.3) is 0 Å². The summed E-state index contributed by atoms with van der Waals surface area (Å²) in [6.07, 6.45) is 4.95. The minimum absolute atomic E-state index is 0.0619. The maximum Gasteiger partial charge on any atom is 0.224 e. The summed E-state index contributed by atoms with van der Waals surface area (Å²) in [5.74, 6) is 0.0619. The maximum atomic E-state index is 11.5. The van der Waals surface area contributed by atoms with Crippen LogP contribution in [0.15, 0.2) is 36.7 Å². The molecule has 0 fully saturated rings. The standard InChI is InChI=1S/C13H14N2O/c1-2-4-13(16)15-12-6-3-5-10-9-14-8-7-11(10)12/h3,5-9H,2,4H2,1H3,(H,15,16). The minimum Gasteiger partial charge on any atom is -0.326 e. The zero-order valence-corrected chi connectivity index (χ0v) is 9.23. The van der Waals surface area contributed by atoms with Gasteiger partial charge < -0.3 is 5.32 Å². The van der Waals surface area contributed by atoms with Crippen molar-refractivity contribution in [1.82, 2.24) is 4.98 Å². The number of carbonyl (C=O) groups is 1. The summed E-state index contributed by atoms with van der Waals surface area (Å²) in [4.78, 5) is 15.6. The molecule has 0 atom stereocenters. The molecule has 0 unspecified atom stereocenters. The largest absolute Gasteiger partial charge is 0.326 e. The maximum absolute atomic E-state index is 11.5. The molecule has 1 heterocycles. The highest BCUT2D eigenvalue weighted by molar-refractivity contribution is 6.01. The Balaban J connectivity index is 2.33. The molecular weight excluding hydrogens is 200 g/mol. The Morgan fingerprint density at radius 3 is 3.06 bits per heavy atom. The van der Waals surface area contributed by atoms with E-state index >= 15 is 0 Å². The number of rotatable bonds is 3. The van der Waals surface area contributed by atoms with E-state index < -0.39 is 0 Å². The second-order valence-electron chi connectivity index (χ2n) is 3.70. The average Bonchev–Trinajstić information content (AvgIpc) is 2.30. The van der Waals surface area contributed by atoms with Gasteiger partial charge in [0.1, 0.15) is 0 Å². The molecule has 1 aromatic carbocycles. The van der Waals surface area contributed by atoms with Crippen molar-refractivity contribution in [2.24, 2.45) is 0 Å². The fourth-order valence-corrected chi connectivity index (χ4v) is 1.67. The van der Waals surface area contributed by atoms with Crippen LogP contribution in [0.25, 0.3) is 10.8 Å². The molecule has 2 rings (SSSR count). The van der Waals surface area contributed by atoms with Crippen molar-refractivity contribution in [2.75, 3.05) is 5.32 Å². The van der Waals surface area contributed by atoms with E-state index in [1.54, 1.807) is 12.4 Å². The van der Waals surface area contributed by atoms with Crippen LogP contribution in [-0.4, -0.2) is 10.9 Å². The van der Waals surface area contributed by atoms with Gasteiger partial charge in [0.2, 0.25) is 5.91 Å². The van der Waals surface area contributed by atoms with Crippen molar-refractivity contribution in [3.8, 4) is 0 Å². The van der Waals surface area contributed by atoms with Crippen LogP contribution in [0.2, 0.25) is 0 Å². The monoisotopic (exact) mass is 214 g/mol. The first kappa shape index (κ1) is 10.6. The number of aromatic nitrogens is 1. The third-order valence-electron chi connectivity index (χ3n) is 2.43. The lowest BCUT2D eigenvalue weighted by Crippen LogP contribution is -2.10. The van der Waals surface area contributed by atoms with Gasteiger partial charge in [-0.3, -0.25) is 9.78 Å². The van der Waals surface area contributed by atoms with Crippen LogP contribution >= 0.6 is 0 Å². The van der Waals surface area contributed by atoms with Crippen LogP contribution in [-0.2, 0) is 4.79 Å². The predicted octanol–water partition coefficient (Wildman–Crippen LogP) is 2.97. The number of anilines is 1. The summed E-state index contributed by atoms with van der Waals surface area (Å²) in [6.45, 7) is 1.99. The number of nitrogens with zero attached hydrogens (tertiary/aromatic N) is 1. The van der Waals surface area contributed by atoms with Gasteiger partial charge in [0.15, 0.2) is 0 Å². The Morgan fingerprint density at radius 2 is 2.25 bits per heavy atom. The summed E-state index contributed by atoms with van der Waals surface area (Å²) in [5, 5.41) is 4.99. The topological polar surface area (TPSA) is 42.0 Å². The summed E-state index contributed by atoms with van der Waals surface area (Å²) in [6, 6.07) is 7.73.